The molecule has 1 aromatic rings. The maximum Gasteiger partial charge on any atom is 0.119 e. The zero-order valence-electron chi connectivity index (χ0n) is 9.66. The van der Waals surface area contributed by atoms with Crippen molar-refractivity contribution >= 4 is 11.3 Å². The van der Waals surface area contributed by atoms with Crippen molar-refractivity contribution in [1.82, 2.24) is 10.3 Å². The first-order chi connectivity index (χ1) is 7.86. The number of methoxy groups -OCH3 is 1. The minimum Gasteiger partial charge on any atom is -0.378 e. The number of ether oxygens (including phenoxy) is 1. The normalized spacial score (nSPS) is 20.3. The SMILES string of the molecule is COCc1nc(C2CC2)c(CNC2CC2)s1. The minimum atomic E-state index is 0.661. The Balaban J connectivity index is 1.71. The first-order valence-electron chi connectivity index (χ1n) is 6.07. The molecule has 2 aliphatic rings. The molecule has 0 aromatic carbocycles. The lowest BCUT2D eigenvalue weighted by Crippen LogP contribution is -2.15. The molecule has 0 saturated heterocycles. The number of hydrogen-bond donors (Lipinski definition) is 1. The molecule has 1 heterocycles. The van der Waals surface area contributed by atoms with Gasteiger partial charge in [0.1, 0.15) is 5.01 Å². The van der Waals surface area contributed by atoms with E-state index in [0.29, 0.717) is 6.61 Å². The van der Waals surface area contributed by atoms with Gasteiger partial charge in [-0.15, -0.1) is 11.3 Å². The third kappa shape index (κ3) is 2.44. The van der Waals surface area contributed by atoms with Gasteiger partial charge in [0.05, 0.1) is 12.3 Å². The fourth-order valence-electron chi connectivity index (χ4n) is 1.93. The van der Waals surface area contributed by atoms with E-state index in [2.05, 4.69) is 5.32 Å². The van der Waals surface area contributed by atoms with Gasteiger partial charge in [0.25, 0.3) is 0 Å². The highest BCUT2D eigenvalue weighted by atomic mass is 32.1. The fraction of sp³-hybridized carbons (Fsp3) is 0.750. The van der Waals surface area contributed by atoms with Gasteiger partial charge in [-0.3, -0.25) is 0 Å². The zero-order chi connectivity index (χ0) is 11.0. The van der Waals surface area contributed by atoms with E-state index in [9.17, 15) is 0 Å². The average Bonchev–Trinajstić information content (AvgIpc) is 3.17. The lowest BCUT2D eigenvalue weighted by atomic mass is 10.2. The van der Waals surface area contributed by atoms with E-state index >= 15 is 0 Å². The van der Waals surface area contributed by atoms with E-state index < -0.39 is 0 Å². The number of aromatic nitrogens is 1. The highest BCUT2D eigenvalue weighted by molar-refractivity contribution is 7.11. The largest absolute Gasteiger partial charge is 0.378 e. The minimum absolute atomic E-state index is 0.661. The van der Waals surface area contributed by atoms with E-state index in [1.165, 1.54) is 36.3 Å². The fourth-order valence-corrected chi connectivity index (χ4v) is 3.00. The number of rotatable bonds is 6. The number of nitrogens with one attached hydrogen (secondary N) is 1. The molecule has 3 rings (SSSR count). The van der Waals surface area contributed by atoms with Crippen LogP contribution in [0.1, 0.15) is 47.2 Å². The van der Waals surface area contributed by atoms with Crippen molar-refractivity contribution in [3.8, 4) is 0 Å². The molecule has 1 N–H and O–H groups in total. The van der Waals surface area contributed by atoms with Gasteiger partial charge in [0.2, 0.25) is 0 Å². The second kappa shape index (κ2) is 4.43. The highest BCUT2D eigenvalue weighted by Gasteiger charge is 2.30. The molecule has 0 bridgehead atoms. The molecule has 1 aromatic heterocycles. The van der Waals surface area contributed by atoms with Crippen LogP contribution >= 0.6 is 11.3 Å². The summed E-state index contributed by atoms with van der Waals surface area (Å²) in [5, 5.41) is 4.72. The Bertz CT molecular complexity index is 369. The van der Waals surface area contributed by atoms with Crippen LogP contribution in [0.4, 0.5) is 0 Å². The molecular formula is C12H18N2OS. The molecule has 0 amide bonds. The van der Waals surface area contributed by atoms with Crippen LogP contribution in [0.15, 0.2) is 0 Å². The molecule has 0 radical (unpaired) electrons. The summed E-state index contributed by atoms with van der Waals surface area (Å²) in [6.07, 6.45) is 5.35. The van der Waals surface area contributed by atoms with E-state index in [4.69, 9.17) is 9.72 Å². The third-order valence-corrected chi connectivity index (χ3v) is 4.18. The highest BCUT2D eigenvalue weighted by Crippen LogP contribution is 2.42. The Morgan fingerprint density at radius 2 is 2.19 bits per heavy atom. The number of thiazole rings is 1. The average molecular weight is 238 g/mol. The second-order valence-corrected chi connectivity index (χ2v) is 5.95. The first kappa shape index (κ1) is 10.7. The van der Waals surface area contributed by atoms with Gasteiger partial charge < -0.3 is 10.1 Å². The quantitative estimate of drug-likeness (QED) is 0.826. The number of hydrogen-bond acceptors (Lipinski definition) is 4. The topological polar surface area (TPSA) is 34.1 Å². The Labute approximate surface area is 100 Å². The monoisotopic (exact) mass is 238 g/mol. The van der Waals surface area contributed by atoms with Crippen molar-refractivity contribution in [2.45, 2.75) is 50.8 Å². The van der Waals surface area contributed by atoms with E-state index in [-0.39, 0.29) is 0 Å². The smallest absolute Gasteiger partial charge is 0.119 e. The van der Waals surface area contributed by atoms with Crippen molar-refractivity contribution < 1.29 is 4.74 Å². The maximum absolute atomic E-state index is 5.16. The summed E-state index contributed by atoms with van der Waals surface area (Å²) in [5.41, 5.74) is 1.35. The lowest BCUT2D eigenvalue weighted by Gasteiger charge is -2.01. The van der Waals surface area contributed by atoms with Crippen LogP contribution in [0.3, 0.4) is 0 Å². The molecule has 2 aliphatic carbocycles. The van der Waals surface area contributed by atoms with Crippen molar-refractivity contribution in [2.24, 2.45) is 0 Å². The lowest BCUT2D eigenvalue weighted by molar-refractivity contribution is 0.184. The van der Waals surface area contributed by atoms with Crippen LogP contribution in [0.25, 0.3) is 0 Å². The molecule has 0 spiro atoms. The van der Waals surface area contributed by atoms with Gasteiger partial charge >= 0.3 is 0 Å². The van der Waals surface area contributed by atoms with Gasteiger partial charge in [-0.2, -0.15) is 0 Å². The van der Waals surface area contributed by atoms with Gasteiger partial charge in [-0.05, 0) is 25.7 Å². The summed E-state index contributed by atoms with van der Waals surface area (Å²) in [5.74, 6) is 0.748. The Kier molecular flexibility index (Phi) is 2.96. The number of nitrogens with zero attached hydrogens (tertiary/aromatic N) is 1. The van der Waals surface area contributed by atoms with Crippen LogP contribution in [0.2, 0.25) is 0 Å². The van der Waals surface area contributed by atoms with Crippen molar-refractivity contribution in [2.75, 3.05) is 7.11 Å². The van der Waals surface area contributed by atoms with E-state index in [0.717, 1.165) is 23.5 Å². The first-order valence-corrected chi connectivity index (χ1v) is 6.89. The summed E-state index contributed by atoms with van der Waals surface area (Å²) >= 11 is 1.82. The van der Waals surface area contributed by atoms with Crippen LogP contribution in [-0.4, -0.2) is 18.1 Å². The van der Waals surface area contributed by atoms with Crippen molar-refractivity contribution in [1.29, 1.82) is 0 Å². The van der Waals surface area contributed by atoms with Crippen LogP contribution in [0, 0.1) is 0 Å². The predicted octanol–water partition coefficient (Wildman–Crippen LogP) is 2.42. The van der Waals surface area contributed by atoms with Gasteiger partial charge in [0, 0.05) is 30.5 Å². The van der Waals surface area contributed by atoms with Crippen LogP contribution < -0.4 is 5.32 Å². The summed E-state index contributed by atoms with van der Waals surface area (Å²) in [6.45, 7) is 1.67. The Hall–Kier alpha value is -0.450. The summed E-state index contributed by atoms with van der Waals surface area (Å²) in [6, 6.07) is 0.778. The molecular weight excluding hydrogens is 220 g/mol. The Morgan fingerprint density at radius 1 is 1.38 bits per heavy atom. The molecule has 3 nitrogen and oxygen atoms in total. The van der Waals surface area contributed by atoms with Gasteiger partial charge in [0.15, 0.2) is 0 Å². The predicted molar refractivity (Wildman–Crippen MR) is 64.7 cm³/mol. The van der Waals surface area contributed by atoms with Gasteiger partial charge in [-0.1, -0.05) is 0 Å². The second-order valence-electron chi connectivity index (χ2n) is 4.78. The van der Waals surface area contributed by atoms with E-state index in [1.807, 2.05) is 11.3 Å². The molecule has 4 heteroatoms. The molecule has 16 heavy (non-hydrogen) atoms. The summed E-state index contributed by atoms with van der Waals surface area (Å²) < 4.78 is 5.16. The molecule has 2 saturated carbocycles. The third-order valence-electron chi connectivity index (χ3n) is 3.13. The van der Waals surface area contributed by atoms with Crippen LogP contribution in [-0.2, 0) is 17.9 Å². The van der Waals surface area contributed by atoms with Gasteiger partial charge in [-0.25, -0.2) is 4.98 Å². The maximum atomic E-state index is 5.16. The van der Waals surface area contributed by atoms with Crippen LogP contribution in [0.5, 0.6) is 0 Å². The molecule has 2 fully saturated rings. The Morgan fingerprint density at radius 3 is 2.81 bits per heavy atom. The standard InChI is InChI=1S/C12H18N2OS/c1-15-7-11-14-12(8-2-3-8)10(16-11)6-13-9-4-5-9/h8-9,13H,2-7H2,1H3. The molecule has 88 valence electrons. The zero-order valence-corrected chi connectivity index (χ0v) is 10.5. The van der Waals surface area contributed by atoms with Crippen molar-refractivity contribution in [3.63, 3.8) is 0 Å². The summed E-state index contributed by atoms with van der Waals surface area (Å²) in [4.78, 5) is 6.16. The molecule has 0 unspecified atom stereocenters. The van der Waals surface area contributed by atoms with Crippen molar-refractivity contribution in [3.05, 3.63) is 15.6 Å². The summed E-state index contributed by atoms with van der Waals surface area (Å²) in [7, 11) is 1.74. The molecule has 0 atom stereocenters. The van der Waals surface area contributed by atoms with E-state index in [1.54, 1.807) is 7.11 Å². The molecule has 0 aliphatic heterocycles.